The van der Waals surface area contributed by atoms with E-state index in [0.29, 0.717) is 23.7 Å². The lowest BCUT2D eigenvalue weighted by atomic mass is 10.2. The third kappa shape index (κ3) is 6.43. The van der Waals surface area contributed by atoms with Crippen LogP contribution >= 0.6 is 27.7 Å². The lowest BCUT2D eigenvalue weighted by Gasteiger charge is -2.07. The van der Waals surface area contributed by atoms with Crippen LogP contribution < -0.4 is 10.6 Å². The molecule has 0 radical (unpaired) electrons. The van der Waals surface area contributed by atoms with Crippen molar-refractivity contribution in [3.63, 3.8) is 0 Å². The van der Waals surface area contributed by atoms with Crippen LogP contribution in [0.4, 0.5) is 5.69 Å². The van der Waals surface area contributed by atoms with Crippen LogP contribution in [0.25, 0.3) is 0 Å². The Morgan fingerprint density at radius 3 is 2.67 bits per heavy atom. The summed E-state index contributed by atoms with van der Waals surface area (Å²) in [5.41, 5.74) is 1.39. The third-order valence-electron chi connectivity index (χ3n) is 4.26. The molecule has 3 rings (SSSR count). The molecule has 2 amide bonds. The zero-order valence-corrected chi connectivity index (χ0v) is 18.9. The number of anilines is 1. The zero-order valence-electron chi connectivity index (χ0n) is 16.5. The maximum absolute atomic E-state index is 12.2. The Morgan fingerprint density at radius 2 is 1.90 bits per heavy atom. The monoisotopic (exact) mass is 487 g/mol. The van der Waals surface area contributed by atoms with Crippen LogP contribution in [-0.2, 0) is 18.3 Å². The number of aromatic nitrogens is 3. The molecule has 0 aliphatic carbocycles. The predicted octanol–water partition coefficient (Wildman–Crippen LogP) is 3.67. The number of carbonyl (C=O) groups excluding carboxylic acids is 2. The van der Waals surface area contributed by atoms with E-state index in [1.54, 1.807) is 12.1 Å². The first-order valence-corrected chi connectivity index (χ1v) is 11.2. The van der Waals surface area contributed by atoms with E-state index in [-0.39, 0.29) is 17.6 Å². The number of hydrogen-bond donors (Lipinski definition) is 2. The minimum atomic E-state index is -0.105. The van der Waals surface area contributed by atoms with Crippen molar-refractivity contribution in [1.82, 2.24) is 20.1 Å². The molecular weight excluding hydrogens is 466 g/mol. The fourth-order valence-electron chi connectivity index (χ4n) is 2.72. The summed E-state index contributed by atoms with van der Waals surface area (Å²) in [6.45, 7) is 0.554. The van der Waals surface area contributed by atoms with Crippen LogP contribution in [0.1, 0.15) is 22.6 Å². The molecule has 0 bridgehead atoms. The zero-order chi connectivity index (χ0) is 21.3. The summed E-state index contributed by atoms with van der Waals surface area (Å²) in [4.78, 5) is 24.2. The average Bonchev–Trinajstić information content (AvgIpc) is 3.09. The summed E-state index contributed by atoms with van der Waals surface area (Å²) in [7, 11) is 1.88. The Hall–Kier alpha value is -2.65. The highest BCUT2D eigenvalue weighted by molar-refractivity contribution is 9.10. The molecule has 0 spiro atoms. The van der Waals surface area contributed by atoms with E-state index in [1.807, 2.05) is 54.1 Å². The largest absolute Gasteiger partial charge is 0.352 e. The molecule has 7 nitrogen and oxygen atoms in total. The molecule has 3 aromatic rings. The maximum atomic E-state index is 12.2. The van der Waals surface area contributed by atoms with Crippen molar-refractivity contribution in [3.8, 4) is 0 Å². The van der Waals surface area contributed by atoms with Crippen molar-refractivity contribution in [1.29, 1.82) is 0 Å². The number of amides is 2. The molecule has 0 atom stereocenters. The van der Waals surface area contributed by atoms with Crippen LogP contribution in [0.5, 0.6) is 0 Å². The Morgan fingerprint density at radius 1 is 1.10 bits per heavy atom. The van der Waals surface area contributed by atoms with Gasteiger partial charge in [-0.2, -0.15) is 0 Å². The van der Waals surface area contributed by atoms with Crippen LogP contribution in [0.2, 0.25) is 0 Å². The van der Waals surface area contributed by atoms with Gasteiger partial charge >= 0.3 is 0 Å². The molecular formula is C21H22BrN5O2S. The number of aryl methyl sites for hydroxylation is 1. The van der Waals surface area contributed by atoms with Crippen molar-refractivity contribution < 1.29 is 9.59 Å². The highest BCUT2D eigenvalue weighted by Crippen LogP contribution is 2.18. The number of hydrogen-bond acceptors (Lipinski definition) is 5. The lowest BCUT2D eigenvalue weighted by Crippen LogP contribution is -2.24. The minimum absolute atomic E-state index is 0.0822. The molecule has 0 fully saturated rings. The van der Waals surface area contributed by atoms with Gasteiger partial charge in [-0.05, 0) is 36.8 Å². The van der Waals surface area contributed by atoms with Gasteiger partial charge in [0.1, 0.15) is 5.82 Å². The second-order valence-corrected chi connectivity index (χ2v) is 8.39. The highest BCUT2D eigenvalue weighted by Gasteiger charge is 2.12. The van der Waals surface area contributed by atoms with Crippen molar-refractivity contribution in [3.05, 3.63) is 70.5 Å². The summed E-state index contributed by atoms with van der Waals surface area (Å²) in [6.07, 6.45) is 1.43. The minimum Gasteiger partial charge on any atom is -0.352 e. The van der Waals surface area contributed by atoms with E-state index in [0.717, 1.165) is 22.4 Å². The van der Waals surface area contributed by atoms with Gasteiger partial charge < -0.3 is 15.2 Å². The summed E-state index contributed by atoms with van der Waals surface area (Å²) >= 11 is 4.72. The fourth-order valence-corrected chi connectivity index (χ4v) is 3.85. The molecule has 1 heterocycles. The summed E-state index contributed by atoms with van der Waals surface area (Å²) < 4.78 is 2.79. The van der Waals surface area contributed by atoms with Crippen LogP contribution in [-0.4, -0.2) is 38.9 Å². The number of carbonyl (C=O) groups is 2. The van der Waals surface area contributed by atoms with Gasteiger partial charge in [0.05, 0.1) is 5.75 Å². The van der Waals surface area contributed by atoms with Gasteiger partial charge in [0.25, 0.3) is 5.91 Å². The molecule has 0 aliphatic heterocycles. The van der Waals surface area contributed by atoms with E-state index in [2.05, 4.69) is 36.8 Å². The van der Waals surface area contributed by atoms with E-state index in [9.17, 15) is 9.59 Å². The van der Waals surface area contributed by atoms with E-state index >= 15 is 0 Å². The highest BCUT2D eigenvalue weighted by atomic mass is 79.9. The molecule has 0 aliphatic rings. The second kappa shape index (κ2) is 10.9. The van der Waals surface area contributed by atoms with Gasteiger partial charge in [0, 0.05) is 35.7 Å². The molecule has 30 heavy (non-hydrogen) atoms. The number of rotatable bonds is 9. The molecule has 0 saturated carbocycles. The number of halogens is 1. The van der Waals surface area contributed by atoms with Crippen molar-refractivity contribution in [2.45, 2.75) is 18.0 Å². The molecule has 2 N–H and O–H groups in total. The molecule has 9 heteroatoms. The van der Waals surface area contributed by atoms with Crippen molar-refractivity contribution in [2.75, 3.05) is 17.6 Å². The Labute approximate surface area is 187 Å². The third-order valence-corrected chi connectivity index (χ3v) is 5.78. The van der Waals surface area contributed by atoms with Gasteiger partial charge in [0.15, 0.2) is 5.16 Å². The van der Waals surface area contributed by atoms with Crippen LogP contribution in [0.3, 0.4) is 0 Å². The normalized spacial score (nSPS) is 10.6. The SMILES string of the molecule is Cn1c(CCCNC(=O)c2ccccc2)nnc1SCC(=O)Nc1cccc(Br)c1. The van der Waals surface area contributed by atoms with Gasteiger partial charge in [-0.15, -0.1) is 10.2 Å². The van der Waals surface area contributed by atoms with E-state index in [4.69, 9.17) is 0 Å². The van der Waals surface area contributed by atoms with Crippen LogP contribution in [0, 0.1) is 0 Å². The predicted molar refractivity (Wildman–Crippen MR) is 122 cm³/mol. The topological polar surface area (TPSA) is 88.9 Å². The first kappa shape index (κ1) is 22.0. The molecule has 156 valence electrons. The van der Waals surface area contributed by atoms with Crippen molar-refractivity contribution in [2.24, 2.45) is 7.05 Å². The Kier molecular flexibility index (Phi) is 8.04. The number of thioether (sulfide) groups is 1. The van der Waals surface area contributed by atoms with E-state index < -0.39 is 0 Å². The summed E-state index contributed by atoms with van der Waals surface area (Å²) in [5.74, 6) is 0.873. The standard InChI is InChI=1S/C21H22BrN5O2S/c1-27-18(11-6-12-23-20(29)15-7-3-2-4-8-15)25-26-21(27)30-14-19(28)24-17-10-5-9-16(22)13-17/h2-5,7-10,13H,6,11-12,14H2,1H3,(H,23,29)(H,24,28). The second-order valence-electron chi connectivity index (χ2n) is 6.53. The van der Waals surface area contributed by atoms with Gasteiger partial charge in [-0.25, -0.2) is 0 Å². The smallest absolute Gasteiger partial charge is 0.251 e. The van der Waals surface area contributed by atoms with Crippen LogP contribution in [0.15, 0.2) is 64.2 Å². The van der Waals surface area contributed by atoms with Crippen molar-refractivity contribution >= 4 is 45.2 Å². The number of nitrogens with one attached hydrogen (secondary N) is 2. The molecule has 1 aromatic heterocycles. The summed E-state index contributed by atoms with van der Waals surface area (Å²) in [6, 6.07) is 16.6. The lowest BCUT2D eigenvalue weighted by molar-refractivity contribution is -0.113. The Bertz CT molecular complexity index is 1010. The number of benzene rings is 2. The molecule has 2 aromatic carbocycles. The summed E-state index contributed by atoms with van der Waals surface area (Å²) in [5, 5.41) is 14.8. The first-order chi connectivity index (χ1) is 14.5. The first-order valence-electron chi connectivity index (χ1n) is 9.42. The van der Waals surface area contributed by atoms with Gasteiger partial charge in [0.2, 0.25) is 5.91 Å². The fraction of sp³-hybridized carbons (Fsp3) is 0.238. The van der Waals surface area contributed by atoms with Gasteiger partial charge in [-0.3, -0.25) is 9.59 Å². The van der Waals surface area contributed by atoms with E-state index in [1.165, 1.54) is 11.8 Å². The van der Waals surface area contributed by atoms with Gasteiger partial charge in [-0.1, -0.05) is 52.0 Å². The Balaban J connectivity index is 1.42. The molecule has 0 saturated heterocycles. The quantitative estimate of drug-likeness (QED) is 0.355. The maximum Gasteiger partial charge on any atom is 0.251 e. The molecule has 0 unspecified atom stereocenters. The number of nitrogens with zero attached hydrogens (tertiary/aromatic N) is 3. The average molecular weight is 488 g/mol.